The number of aromatic amines is 1. The first-order valence-corrected chi connectivity index (χ1v) is 9.47. The lowest BCUT2D eigenvalue weighted by Crippen LogP contribution is -2.69. The maximum absolute atomic E-state index is 14.6. The molecule has 1 aromatic rings. The summed E-state index contributed by atoms with van der Waals surface area (Å²) in [4.78, 5) is 26.0. The van der Waals surface area contributed by atoms with Gasteiger partial charge in [0, 0.05) is 11.8 Å². The number of rotatable bonds is 9. The molecule has 1 unspecified atom stereocenters. The molecule has 0 aromatic carbocycles. The number of unbranched alkanes of at least 4 members (excludes halogenated alkanes) is 2. The van der Waals surface area contributed by atoms with Gasteiger partial charge in [-0.3, -0.25) is 9.78 Å². The number of aliphatic hydroxyl groups is 4. The number of hydroxylamine groups is 2. The van der Waals surface area contributed by atoms with Gasteiger partial charge in [0.25, 0.3) is 5.56 Å². The molecule has 2 heterocycles. The molecule has 1 saturated heterocycles. The molecule has 0 aliphatic carbocycles. The lowest BCUT2D eigenvalue weighted by molar-refractivity contribution is -0.428. The average Bonchev–Trinajstić information content (AvgIpc) is 2.89. The molecule has 0 amide bonds. The standard InChI is InChI=1S/C17H28FN3O8/c1-3-5-6-7-12(18)21(28)16(26)13(23)11(9-22)29-17(16,27)20-8-10(4-2)14(24)19-15(20)25/h8,11-13,22-23,26-28H,3-7,9H2,1-2H3,(H,19,24,25)/t11-,12?,13-,16-,17-/m1/s1. The van der Waals surface area contributed by atoms with Crippen molar-refractivity contribution in [1.29, 1.82) is 0 Å². The Hall–Kier alpha value is -1.67. The number of aryl methyl sites for hydroxylation is 1. The van der Waals surface area contributed by atoms with Crippen LogP contribution in [0.25, 0.3) is 0 Å². The van der Waals surface area contributed by atoms with Crippen molar-refractivity contribution in [2.24, 2.45) is 0 Å². The predicted octanol–water partition coefficient (Wildman–Crippen LogP) is -1.29. The van der Waals surface area contributed by atoms with Gasteiger partial charge in [0.05, 0.1) is 6.61 Å². The highest BCUT2D eigenvalue weighted by Crippen LogP contribution is 2.44. The molecule has 1 aromatic heterocycles. The number of H-pyrrole nitrogens is 1. The minimum absolute atomic E-state index is 0.00940. The molecule has 29 heavy (non-hydrogen) atoms. The number of hydrogen-bond acceptors (Lipinski definition) is 9. The van der Waals surface area contributed by atoms with Gasteiger partial charge in [-0.1, -0.05) is 26.7 Å². The van der Waals surface area contributed by atoms with Gasteiger partial charge in [-0.25, -0.2) is 13.8 Å². The number of ether oxygens (including phenoxy) is 1. The molecule has 11 nitrogen and oxygen atoms in total. The third-order valence-corrected chi connectivity index (χ3v) is 5.12. The van der Waals surface area contributed by atoms with Crippen molar-refractivity contribution in [2.45, 2.75) is 76.1 Å². The van der Waals surface area contributed by atoms with Crippen LogP contribution < -0.4 is 11.2 Å². The summed E-state index contributed by atoms with van der Waals surface area (Å²) in [6, 6.07) is 0. The summed E-state index contributed by atoms with van der Waals surface area (Å²) in [5, 5.41) is 52.0. The van der Waals surface area contributed by atoms with Crippen LogP contribution >= 0.6 is 0 Å². The number of aromatic nitrogens is 2. The Kier molecular flexibility index (Phi) is 7.32. The minimum Gasteiger partial charge on any atom is -0.394 e. The summed E-state index contributed by atoms with van der Waals surface area (Å²) in [7, 11) is 0. The third kappa shape index (κ3) is 3.89. The van der Waals surface area contributed by atoms with E-state index >= 15 is 0 Å². The Morgan fingerprint density at radius 3 is 2.55 bits per heavy atom. The zero-order valence-electron chi connectivity index (χ0n) is 16.3. The van der Waals surface area contributed by atoms with Crippen LogP contribution in [0.5, 0.6) is 0 Å². The maximum atomic E-state index is 14.6. The van der Waals surface area contributed by atoms with E-state index in [1.54, 1.807) is 6.92 Å². The maximum Gasteiger partial charge on any atom is 0.332 e. The Morgan fingerprint density at radius 1 is 1.34 bits per heavy atom. The normalized spacial score (nSPS) is 30.8. The molecule has 1 aliphatic rings. The molecule has 1 aliphatic heterocycles. The molecule has 2 rings (SSSR count). The quantitative estimate of drug-likeness (QED) is 0.123. The number of nitrogens with one attached hydrogen (secondary N) is 1. The second kappa shape index (κ2) is 9.00. The van der Waals surface area contributed by atoms with Crippen LogP contribution in [0, 0.1) is 0 Å². The topological polar surface area (TPSA) is 168 Å². The lowest BCUT2D eigenvalue weighted by atomic mass is 10.00. The van der Waals surface area contributed by atoms with E-state index in [-0.39, 0.29) is 23.5 Å². The SMILES string of the molecule is CCCCCC(F)N(O)[C@@]1(O)[C@H](O)[C@@H](CO)O[C@@]1(O)n1cc(CC)c(=O)[nH]c1=O. The van der Waals surface area contributed by atoms with Crippen molar-refractivity contribution < 1.29 is 34.8 Å². The Morgan fingerprint density at radius 2 is 2.00 bits per heavy atom. The van der Waals surface area contributed by atoms with Gasteiger partial charge in [-0.05, 0) is 19.3 Å². The van der Waals surface area contributed by atoms with Crippen molar-refractivity contribution >= 4 is 0 Å². The summed E-state index contributed by atoms with van der Waals surface area (Å²) >= 11 is 0. The first kappa shape index (κ1) is 23.6. The largest absolute Gasteiger partial charge is 0.394 e. The second-order valence-corrected chi connectivity index (χ2v) is 7.03. The smallest absolute Gasteiger partial charge is 0.332 e. The Balaban J connectivity index is 2.58. The molecule has 0 spiro atoms. The van der Waals surface area contributed by atoms with Crippen molar-refractivity contribution in [2.75, 3.05) is 6.61 Å². The number of halogens is 1. The summed E-state index contributed by atoms with van der Waals surface area (Å²) in [5.74, 6) is -3.23. The van der Waals surface area contributed by atoms with E-state index in [4.69, 9.17) is 4.74 Å². The van der Waals surface area contributed by atoms with E-state index in [2.05, 4.69) is 0 Å². The van der Waals surface area contributed by atoms with Crippen LogP contribution in [-0.2, 0) is 17.1 Å². The van der Waals surface area contributed by atoms with Crippen LogP contribution in [-0.4, -0.2) is 71.1 Å². The van der Waals surface area contributed by atoms with Gasteiger partial charge in [-0.15, -0.1) is 5.06 Å². The highest BCUT2D eigenvalue weighted by Gasteiger charge is 2.71. The summed E-state index contributed by atoms with van der Waals surface area (Å²) in [6.07, 6.45) is -3.65. The molecule has 5 atom stereocenters. The fourth-order valence-corrected chi connectivity index (χ4v) is 3.36. The zero-order chi connectivity index (χ0) is 22.0. The Bertz CT molecular complexity index is 817. The molecule has 12 heteroatoms. The van der Waals surface area contributed by atoms with E-state index in [0.717, 1.165) is 12.6 Å². The van der Waals surface area contributed by atoms with Crippen molar-refractivity contribution in [1.82, 2.24) is 14.6 Å². The van der Waals surface area contributed by atoms with Crippen LogP contribution in [0.3, 0.4) is 0 Å². The van der Waals surface area contributed by atoms with E-state index in [1.807, 2.05) is 11.9 Å². The number of hydrogen-bond donors (Lipinski definition) is 6. The fraction of sp³-hybridized carbons (Fsp3) is 0.765. The Labute approximate surface area is 165 Å². The van der Waals surface area contributed by atoms with Gasteiger partial charge in [-0.2, -0.15) is 0 Å². The summed E-state index contributed by atoms with van der Waals surface area (Å²) in [6.45, 7) is 2.54. The third-order valence-electron chi connectivity index (χ3n) is 5.12. The van der Waals surface area contributed by atoms with E-state index in [1.165, 1.54) is 0 Å². The number of aliphatic hydroxyl groups excluding tert-OH is 2. The number of alkyl halides is 1. The minimum atomic E-state index is -3.28. The molecule has 0 saturated carbocycles. The summed E-state index contributed by atoms with van der Waals surface area (Å²) < 4.78 is 20.1. The molecule has 6 N–H and O–H groups in total. The molecule has 166 valence electrons. The van der Waals surface area contributed by atoms with E-state index < -0.39 is 48.0 Å². The zero-order valence-corrected chi connectivity index (χ0v) is 16.3. The molecular formula is C17H28FN3O8. The molecule has 0 bridgehead atoms. The lowest BCUT2D eigenvalue weighted by Gasteiger charge is -2.43. The second-order valence-electron chi connectivity index (χ2n) is 7.03. The van der Waals surface area contributed by atoms with Gasteiger partial charge >= 0.3 is 11.6 Å². The van der Waals surface area contributed by atoms with Gasteiger partial charge < -0.3 is 30.4 Å². The monoisotopic (exact) mass is 421 g/mol. The molecule has 0 radical (unpaired) electrons. The van der Waals surface area contributed by atoms with Crippen molar-refractivity contribution in [3.63, 3.8) is 0 Å². The van der Waals surface area contributed by atoms with Crippen LogP contribution in [0.15, 0.2) is 15.8 Å². The van der Waals surface area contributed by atoms with Crippen molar-refractivity contribution in [3.05, 3.63) is 32.6 Å². The van der Waals surface area contributed by atoms with Crippen LogP contribution in [0.1, 0.15) is 45.1 Å². The van der Waals surface area contributed by atoms with Gasteiger partial charge in [0.1, 0.15) is 12.2 Å². The summed E-state index contributed by atoms with van der Waals surface area (Å²) in [5.41, 5.74) is -5.26. The van der Waals surface area contributed by atoms with E-state index in [0.29, 0.717) is 17.4 Å². The predicted molar refractivity (Wildman–Crippen MR) is 96.5 cm³/mol. The van der Waals surface area contributed by atoms with Crippen LogP contribution in [0.4, 0.5) is 4.39 Å². The number of nitrogens with zero attached hydrogens (tertiary/aromatic N) is 2. The highest BCUT2D eigenvalue weighted by atomic mass is 19.1. The first-order valence-electron chi connectivity index (χ1n) is 9.47. The van der Waals surface area contributed by atoms with Crippen LogP contribution in [0.2, 0.25) is 0 Å². The van der Waals surface area contributed by atoms with Gasteiger partial charge in [0.15, 0.2) is 6.30 Å². The van der Waals surface area contributed by atoms with E-state index in [9.17, 15) is 39.6 Å². The molecular weight excluding hydrogens is 393 g/mol. The first-order chi connectivity index (χ1) is 13.6. The van der Waals surface area contributed by atoms with Gasteiger partial charge in [0.2, 0.25) is 5.72 Å². The molecule has 1 fully saturated rings. The van der Waals surface area contributed by atoms with Crippen molar-refractivity contribution in [3.8, 4) is 0 Å². The average molecular weight is 421 g/mol. The fourth-order valence-electron chi connectivity index (χ4n) is 3.36. The highest BCUT2D eigenvalue weighted by molar-refractivity contribution is 5.10.